The first-order chi connectivity index (χ1) is 23.9. The standard InChI is InChI=1S/C34H43N9O6S/c1-33(2,49)26-18-37-40-43(26)23-17-25(31(47)39-34(28(44)29(35)45)10-14-50-15-11-34)42(20-23)32(48)24(16-21-6-4-3-5-7-21)38-30(46)22-8-9-27-36-12-13-41(27)19-22/h8-9,12-13,18-19,21,23,25,49H,3-7,10-11,14-17,20H2,1-2H3,(H2,35,45)(H,39,47)/b38-24+/t23-,25-/m0/s1. The molecule has 15 nitrogen and oxygen atoms in total. The molecular formula is C34H43N9O6S. The number of carbonyl (C=O) groups excluding carboxylic acids is 5. The molecule has 266 valence electrons. The number of aliphatic imine (C=N–C) groups is 1. The molecule has 0 unspecified atom stereocenters. The summed E-state index contributed by atoms with van der Waals surface area (Å²) < 4.78 is 3.21. The molecule has 3 fully saturated rings. The number of nitrogens with one attached hydrogen (secondary N) is 1. The van der Waals surface area contributed by atoms with Gasteiger partial charge in [0, 0.05) is 31.6 Å². The third-order valence-electron chi connectivity index (χ3n) is 10.1. The van der Waals surface area contributed by atoms with Crippen LogP contribution in [0.2, 0.25) is 0 Å². The van der Waals surface area contributed by atoms with E-state index in [-0.39, 0.29) is 49.4 Å². The van der Waals surface area contributed by atoms with Crippen LogP contribution in [0.1, 0.15) is 93.7 Å². The predicted molar refractivity (Wildman–Crippen MR) is 184 cm³/mol. The maximum Gasteiger partial charge on any atom is 0.287 e. The van der Waals surface area contributed by atoms with Gasteiger partial charge in [-0.1, -0.05) is 37.3 Å². The Bertz CT molecular complexity index is 1820. The zero-order valence-electron chi connectivity index (χ0n) is 28.3. The molecule has 3 aromatic heterocycles. The zero-order chi connectivity index (χ0) is 35.6. The van der Waals surface area contributed by atoms with Crippen LogP contribution in [0, 0.1) is 5.92 Å². The lowest BCUT2D eigenvalue weighted by atomic mass is 9.85. The molecule has 1 aliphatic carbocycles. The molecular weight excluding hydrogens is 662 g/mol. The maximum absolute atomic E-state index is 14.7. The largest absolute Gasteiger partial charge is 0.384 e. The molecule has 2 aliphatic heterocycles. The monoisotopic (exact) mass is 705 g/mol. The van der Waals surface area contributed by atoms with Crippen LogP contribution in [-0.4, -0.2) is 99.1 Å². The summed E-state index contributed by atoms with van der Waals surface area (Å²) in [5.74, 6) is -2.60. The van der Waals surface area contributed by atoms with Crippen molar-refractivity contribution in [2.24, 2.45) is 16.6 Å². The number of rotatable bonds is 10. The minimum atomic E-state index is -1.49. The van der Waals surface area contributed by atoms with Crippen molar-refractivity contribution in [3.8, 4) is 0 Å². The normalized spacial score (nSPS) is 21.7. The highest BCUT2D eigenvalue weighted by Crippen LogP contribution is 2.34. The molecule has 16 heteroatoms. The molecule has 1 saturated carbocycles. The van der Waals surface area contributed by atoms with Gasteiger partial charge in [-0.3, -0.25) is 24.0 Å². The molecule has 0 bridgehead atoms. The highest BCUT2D eigenvalue weighted by molar-refractivity contribution is 7.99. The van der Waals surface area contributed by atoms with Gasteiger partial charge >= 0.3 is 0 Å². The first-order valence-electron chi connectivity index (χ1n) is 17.1. The van der Waals surface area contributed by atoms with E-state index in [9.17, 15) is 29.1 Å². The van der Waals surface area contributed by atoms with Gasteiger partial charge in [0.05, 0.1) is 23.5 Å². The second kappa shape index (κ2) is 14.4. The summed E-state index contributed by atoms with van der Waals surface area (Å²) >= 11 is 1.60. The molecule has 2 atom stereocenters. The molecule has 5 heterocycles. The summed E-state index contributed by atoms with van der Waals surface area (Å²) in [5.41, 5.74) is 3.99. The van der Waals surface area contributed by atoms with Gasteiger partial charge in [0.1, 0.15) is 28.5 Å². The van der Waals surface area contributed by atoms with Crippen LogP contribution < -0.4 is 11.1 Å². The third-order valence-corrected chi connectivity index (χ3v) is 11.1. The second-order valence-corrected chi connectivity index (χ2v) is 15.3. The van der Waals surface area contributed by atoms with E-state index in [2.05, 4.69) is 25.6 Å². The minimum absolute atomic E-state index is 0.00511. The van der Waals surface area contributed by atoms with E-state index in [0.29, 0.717) is 22.8 Å². The lowest BCUT2D eigenvalue weighted by molar-refractivity contribution is -0.143. The molecule has 3 aliphatic rings. The Morgan fingerprint density at radius 2 is 1.86 bits per heavy atom. The zero-order valence-corrected chi connectivity index (χ0v) is 29.1. The summed E-state index contributed by atoms with van der Waals surface area (Å²) in [4.78, 5) is 77.9. The second-order valence-electron chi connectivity index (χ2n) is 14.0. The number of hydrogen-bond donors (Lipinski definition) is 3. The van der Waals surface area contributed by atoms with Crippen molar-refractivity contribution < 1.29 is 29.1 Å². The minimum Gasteiger partial charge on any atom is -0.384 e. The molecule has 50 heavy (non-hydrogen) atoms. The lowest BCUT2D eigenvalue weighted by Gasteiger charge is -2.37. The summed E-state index contributed by atoms with van der Waals surface area (Å²) in [6.07, 6.45) is 12.0. The number of aromatic nitrogens is 5. The molecule has 0 spiro atoms. The van der Waals surface area contributed by atoms with Crippen molar-refractivity contribution in [1.29, 1.82) is 0 Å². The number of ketones is 1. The number of hydrogen-bond acceptors (Lipinski definition) is 10. The van der Waals surface area contributed by atoms with Gasteiger partial charge in [0.2, 0.25) is 11.7 Å². The number of imidazole rings is 1. The van der Waals surface area contributed by atoms with Crippen molar-refractivity contribution in [3.05, 3.63) is 48.2 Å². The van der Waals surface area contributed by atoms with E-state index in [0.717, 1.165) is 32.1 Å². The summed E-state index contributed by atoms with van der Waals surface area (Å²) in [6, 6.07) is 1.60. The Kier molecular flexibility index (Phi) is 10.2. The first kappa shape index (κ1) is 35.4. The molecule has 2 saturated heterocycles. The van der Waals surface area contributed by atoms with Crippen molar-refractivity contribution >= 4 is 52.5 Å². The number of fused-ring (bicyclic) bond motifs is 1. The van der Waals surface area contributed by atoms with Crippen LogP contribution in [0.3, 0.4) is 0 Å². The molecule has 4 N–H and O–H groups in total. The van der Waals surface area contributed by atoms with Crippen LogP contribution in [0.15, 0.2) is 41.9 Å². The Morgan fingerprint density at radius 1 is 1.12 bits per heavy atom. The van der Waals surface area contributed by atoms with Crippen LogP contribution in [0.4, 0.5) is 0 Å². The molecule has 0 aromatic carbocycles. The first-order valence-corrected chi connectivity index (χ1v) is 18.2. The highest BCUT2D eigenvalue weighted by atomic mass is 32.2. The van der Waals surface area contributed by atoms with Crippen LogP contribution in [0.5, 0.6) is 0 Å². The number of Topliss-reactive ketones (excluding diaryl/α,β-unsaturated/α-hetero) is 1. The van der Waals surface area contributed by atoms with Gasteiger partial charge in [0.15, 0.2) is 0 Å². The Hall–Kier alpha value is -4.44. The number of amides is 4. The SMILES string of the molecule is CC(C)(O)c1cnnn1[C@H]1C[C@@H](C(=O)NC2(C(=O)C(N)=O)CCSCC2)N(C(=O)/C(CC2CCCCC2)=N/C(=O)c2ccc3nccn3c2)C1. The van der Waals surface area contributed by atoms with Gasteiger partial charge in [-0.15, -0.1) is 5.10 Å². The third kappa shape index (κ3) is 7.36. The number of thioether (sulfide) groups is 1. The number of carbonyl (C=O) groups is 5. The van der Waals surface area contributed by atoms with Gasteiger partial charge in [-0.25, -0.2) is 14.7 Å². The van der Waals surface area contributed by atoms with E-state index in [1.54, 1.807) is 60.7 Å². The van der Waals surface area contributed by atoms with Crippen molar-refractivity contribution in [3.63, 3.8) is 0 Å². The quantitative estimate of drug-likeness (QED) is 0.206. The van der Waals surface area contributed by atoms with E-state index in [4.69, 9.17) is 5.73 Å². The van der Waals surface area contributed by atoms with E-state index in [1.165, 1.54) is 15.8 Å². The van der Waals surface area contributed by atoms with E-state index in [1.807, 2.05) is 0 Å². The summed E-state index contributed by atoms with van der Waals surface area (Å²) in [6.45, 7) is 3.17. The number of aliphatic hydroxyl groups is 1. The Labute approximate surface area is 293 Å². The van der Waals surface area contributed by atoms with E-state index < -0.39 is 52.6 Å². The van der Waals surface area contributed by atoms with E-state index >= 15 is 0 Å². The van der Waals surface area contributed by atoms with Crippen LogP contribution >= 0.6 is 11.8 Å². The summed E-state index contributed by atoms with van der Waals surface area (Å²) in [7, 11) is 0. The fraction of sp³-hybridized carbons (Fsp3) is 0.559. The Balaban J connectivity index is 1.36. The average Bonchev–Trinajstić information content (AvgIpc) is 3.87. The number of nitrogens with zero attached hydrogens (tertiary/aromatic N) is 7. The summed E-state index contributed by atoms with van der Waals surface area (Å²) in [5, 5.41) is 21.9. The predicted octanol–water partition coefficient (Wildman–Crippen LogP) is 1.98. The fourth-order valence-electron chi connectivity index (χ4n) is 7.34. The Morgan fingerprint density at radius 3 is 2.56 bits per heavy atom. The lowest BCUT2D eigenvalue weighted by Crippen LogP contribution is -2.63. The van der Waals surface area contributed by atoms with Gasteiger partial charge < -0.3 is 25.5 Å². The van der Waals surface area contributed by atoms with Gasteiger partial charge in [-0.05, 0) is 62.7 Å². The topological polar surface area (TPSA) is 207 Å². The highest BCUT2D eigenvalue weighted by Gasteiger charge is 2.49. The number of likely N-dealkylation sites (tertiary alicyclic amines) is 1. The average molecular weight is 706 g/mol. The van der Waals surface area contributed by atoms with Crippen molar-refractivity contribution in [1.82, 2.24) is 34.6 Å². The fourth-order valence-corrected chi connectivity index (χ4v) is 8.53. The smallest absolute Gasteiger partial charge is 0.287 e. The number of pyridine rings is 1. The van der Waals surface area contributed by atoms with Gasteiger partial charge in [-0.2, -0.15) is 11.8 Å². The van der Waals surface area contributed by atoms with Crippen molar-refractivity contribution in [2.75, 3.05) is 18.1 Å². The number of nitrogens with two attached hydrogens (primary N) is 1. The molecule has 3 aromatic rings. The van der Waals surface area contributed by atoms with Crippen molar-refractivity contribution in [2.45, 2.75) is 94.9 Å². The molecule has 4 amide bonds. The molecule has 6 rings (SSSR count). The maximum atomic E-state index is 14.7. The van der Waals surface area contributed by atoms with Gasteiger partial charge in [0.25, 0.3) is 17.7 Å². The molecule has 0 radical (unpaired) electrons. The van der Waals surface area contributed by atoms with Crippen LogP contribution in [-0.2, 0) is 24.8 Å². The van der Waals surface area contributed by atoms with Crippen LogP contribution in [0.25, 0.3) is 5.65 Å². The number of primary amides is 1.